The Morgan fingerprint density at radius 3 is 2.37 bits per heavy atom. The van der Waals surface area contributed by atoms with Gasteiger partial charge < -0.3 is 15.7 Å². The van der Waals surface area contributed by atoms with E-state index in [2.05, 4.69) is 10.6 Å². The van der Waals surface area contributed by atoms with Gasteiger partial charge in [0.2, 0.25) is 0 Å². The second kappa shape index (κ2) is 7.63. The van der Waals surface area contributed by atoms with Crippen molar-refractivity contribution in [2.45, 2.75) is 6.04 Å². The fraction of sp³-hybridized carbons (Fsp3) is 0.105. The van der Waals surface area contributed by atoms with Gasteiger partial charge in [-0.05, 0) is 41.3 Å². The van der Waals surface area contributed by atoms with Crippen molar-refractivity contribution < 1.29 is 27.5 Å². The first-order chi connectivity index (χ1) is 12.9. The van der Waals surface area contributed by atoms with Gasteiger partial charge in [0.05, 0.1) is 18.3 Å². The molecule has 3 aromatic rings. The third-order valence-electron chi connectivity index (χ3n) is 3.99. The summed E-state index contributed by atoms with van der Waals surface area (Å²) in [7, 11) is 0. The van der Waals surface area contributed by atoms with E-state index in [0.29, 0.717) is 28.6 Å². The van der Waals surface area contributed by atoms with E-state index in [4.69, 9.17) is 0 Å². The van der Waals surface area contributed by atoms with Crippen LogP contribution in [0.15, 0.2) is 48.5 Å². The number of carbonyl (C=O) groups excluding carboxylic acids is 1. The standard InChI is InChI=1S/C19H14F4N2O2/c20-12-5-4-10-2-1-3-16(13(10)8-12)24-19(27)25-17(9-26)11-6-14(21)18(23)15(22)7-11/h1-8,17,26H,9H2,(H2,24,25,27). The van der Waals surface area contributed by atoms with Gasteiger partial charge in [0.15, 0.2) is 17.5 Å². The first-order valence-corrected chi connectivity index (χ1v) is 7.90. The first kappa shape index (κ1) is 18.7. The number of urea groups is 1. The predicted molar refractivity (Wildman–Crippen MR) is 92.2 cm³/mol. The summed E-state index contributed by atoms with van der Waals surface area (Å²) in [6, 6.07) is 8.42. The van der Waals surface area contributed by atoms with Crippen LogP contribution in [-0.2, 0) is 0 Å². The first-order valence-electron chi connectivity index (χ1n) is 7.90. The van der Waals surface area contributed by atoms with Gasteiger partial charge in [-0.1, -0.05) is 18.2 Å². The number of hydrogen-bond donors (Lipinski definition) is 3. The number of aliphatic hydroxyl groups is 1. The van der Waals surface area contributed by atoms with Gasteiger partial charge in [-0.3, -0.25) is 0 Å². The number of amides is 2. The number of hydrogen-bond acceptors (Lipinski definition) is 2. The molecule has 3 N–H and O–H groups in total. The van der Waals surface area contributed by atoms with Crippen molar-refractivity contribution in [2.24, 2.45) is 0 Å². The van der Waals surface area contributed by atoms with E-state index in [-0.39, 0.29) is 5.56 Å². The Kier molecular flexibility index (Phi) is 5.27. The summed E-state index contributed by atoms with van der Waals surface area (Å²) >= 11 is 0. The maximum Gasteiger partial charge on any atom is 0.319 e. The Morgan fingerprint density at radius 1 is 1.00 bits per heavy atom. The molecular formula is C19H14F4N2O2. The number of aliphatic hydroxyl groups excluding tert-OH is 1. The van der Waals surface area contributed by atoms with Crippen LogP contribution >= 0.6 is 0 Å². The fourth-order valence-electron chi connectivity index (χ4n) is 2.68. The van der Waals surface area contributed by atoms with Gasteiger partial charge in [-0.15, -0.1) is 0 Å². The van der Waals surface area contributed by atoms with E-state index in [1.807, 2.05) is 0 Å². The zero-order valence-electron chi connectivity index (χ0n) is 13.8. The maximum atomic E-state index is 13.5. The Bertz CT molecular complexity index is 987. The van der Waals surface area contributed by atoms with Gasteiger partial charge in [0.1, 0.15) is 5.82 Å². The largest absolute Gasteiger partial charge is 0.394 e. The van der Waals surface area contributed by atoms with E-state index in [9.17, 15) is 27.5 Å². The van der Waals surface area contributed by atoms with Crippen LogP contribution in [0.25, 0.3) is 10.8 Å². The average Bonchev–Trinajstić information content (AvgIpc) is 2.64. The molecule has 0 spiro atoms. The Morgan fingerprint density at radius 2 is 1.70 bits per heavy atom. The summed E-state index contributed by atoms with van der Waals surface area (Å²) in [6.07, 6.45) is 0. The van der Waals surface area contributed by atoms with Crippen LogP contribution in [0.1, 0.15) is 11.6 Å². The normalized spacial score (nSPS) is 12.0. The molecule has 0 aliphatic carbocycles. The lowest BCUT2D eigenvalue weighted by Crippen LogP contribution is -2.34. The second-order valence-corrected chi connectivity index (χ2v) is 5.80. The minimum atomic E-state index is -1.64. The molecule has 0 bridgehead atoms. The molecule has 4 nitrogen and oxygen atoms in total. The summed E-state index contributed by atoms with van der Waals surface area (Å²) in [4.78, 5) is 12.2. The quantitative estimate of drug-likeness (QED) is 0.470. The van der Waals surface area contributed by atoms with Crippen LogP contribution in [0.5, 0.6) is 0 Å². The molecule has 0 aliphatic rings. The third kappa shape index (κ3) is 4.01. The van der Waals surface area contributed by atoms with Crippen LogP contribution in [0, 0.1) is 23.3 Å². The van der Waals surface area contributed by atoms with Crippen LogP contribution in [-0.4, -0.2) is 17.7 Å². The fourth-order valence-corrected chi connectivity index (χ4v) is 2.68. The van der Waals surface area contributed by atoms with Crippen molar-refractivity contribution in [3.8, 4) is 0 Å². The minimum absolute atomic E-state index is 0.145. The summed E-state index contributed by atoms with van der Waals surface area (Å²) in [5, 5.41) is 15.4. The molecule has 1 unspecified atom stereocenters. The van der Waals surface area contributed by atoms with Crippen molar-refractivity contribution in [3.63, 3.8) is 0 Å². The number of fused-ring (bicyclic) bond motifs is 1. The summed E-state index contributed by atoms with van der Waals surface area (Å²) < 4.78 is 53.3. The van der Waals surface area contributed by atoms with Crippen LogP contribution < -0.4 is 10.6 Å². The van der Waals surface area contributed by atoms with E-state index in [0.717, 1.165) is 0 Å². The monoisotopic (exact) mass is 378 g/mol. The van der Waals surface area contributed by atoms with Crippen molar-refractivity contribution in [1.29, 1.82) is 0 Å². The highest BCUT2D eigenvalue weighted by Gasteiger charge is 2.19. The molecule has 0 fully saturated rings. The van der Waals surface area contributed by atoms with E-state index in [1.54, 1.807) is 24.3 Å². The van der Waals surface area contributed by atoms with Gasteiger partial charge in [0, 0.05) is 5.39 Å². The Hall–Kier alpha value is -3.13. The highest BCUT2D eigenvalue weighted by molar-refractivity contribution is 6.01. The van der Waals surface area contributed by atoms with Gasteiger partial charge in [0.25, 0.3) is 0 Å². The zero-order chi connectivity index (χ0) is 19.6. The summed E-state index contributed by atoms with van der Waals surface area (Å²) in [5.41, 5.74) is 0.158. The van der Waals surface area contributed by atoms with E-state index in [1.165, 1.54) is 12.1 Å². The molecule has 0 radical (unpaired) electrons. The molecule has 0 aliphatic heterocycles. The van der Waals surface area contributed by atoms with Gasteiger partial charge >= 0.3 is 6.03 Å². The third-order valence-corrected chi connectivity index (χ3v) is 3.99. The topological polar surface area (TPSA) is 61.4 Å². The lowest BCUT2D eigenvalue weighted by atomic mass is 10.1. The van der Waals surface area contributed by atoms with Crippen molar-refractivity contribution in [2.75, 3.05) is 11.9 Å². The van der Waals surface area contributed by atoms with Crippen LogP contribution in [0.2, 0.25) is 0 Å². The molecule has 3 rings (SSSR count). The molecule has 8 heteroatoms. The number of anilines is 1. The number of benzene rings is 3. The zero-order valence-corrected chi connectivity index (χ0v) is 13.8. The summed E-state index contributed by atoms with van der Waals surface area (Å²) in [6.45, 7) is -0.678. The number of rotatable bonds is 4. The molecule has 2 amide bonds. The smallest absolute Gasteiger partial charge is 0.319 e. The Labute approximate surface area is 151 Å². The molecule has 0 saturated carbocycles. The molecule has 0 heterocycles. The molecule has 3 aromatic carbocycles. The SMILES string of the molecule is O=C(Nc1cccc2ccc(F)cc12)NC(CO)c1cc(F)c(F)c(F)c1. The van der Waals surface area contributed by atoms with E-state index >= 15 is 0 Å². The molecular weight excluding hydrogens is 364 g/mol. The highest BCUT2D eigenvalue weighted by Crippen LogP contribution is 2.25. The number of halogens is 4. The predicted octanol–water partition coefficient (Wildman–Crippen LogP) is 4.25. The van der Waals surface area contributed by atoms with Crippen molar-refractivity contribution in [1.82, 2.24) is 5.32 Å². The molecule has 0 aromatic heterocycles. The van der Waals surface area contributed by atoms with Crippen LogP contribution in [0.4, 0.5) is 28.0 Å². The lowest BCUT2D eigenvalue weighted by molar-refractivity contribution is 0.225. The summed E-state index contributed by atoms with van der Waals surface area (Å²) in [5.74, 6) is -4.99. The minimum Gasteiger partial charge on any atom is -0.394 e. The Balaban J connectivity index is 1.82. The van der Waals surface area contributed by atoms with Crippen molar-refractivity contribution in [3.05, 3.63) is 77.4 Å². The molecule has 1 atom stereocenters. The van der Waals surface area contributed by atoms with Gasteiger partial charge in [-0.25, -0.2) is 22.4 Å². The lowest BCUT2D eigenvalue weighted by Gasteiger charge is -2.18. The highest BCUT2D eigenvalue weighted by atomic mass is 19.2. The molecule has 27 heavy (non-hydrogen) atoms. The van der Waals surface area contributed by atoms with E-state index < -0.39 is 41.9 Å². The molecule has 140 valence electrons. The maximum absolute atomic E-state index is 13.5. The second-order valence-electron chi connectivity index (χ2n) is 5.80. The average molecular weight is 378 g/mol. The van der Waals surface area contributed by atoms with Crippen molar-refractivity contribution >= 4 is 22.5 Å². The van der Waals surface area contributed by atoms with Crippen LogP contribution in [0.3, 0.4) is 0 Å². The number of carbonyl (C=O) groups is 1. The number of nitrogens with one attached hydrogen (secondary N) is 2. The van der Waals surface area contributed by atoms with Gasteiger partial charge in [-0.2, -0.15) is 0 Å². The molecule has 0 saturated heterocycles.